The zero-order valence-corrected chi connectivity index (χ0v) is 16.4. The van der Waals surface area contributed by atoms with Gasteiger partial charge in [0.15, 0.2) is 0 Å². The Balaban J connectivity index is 1.63. The van der Waals surface area contributed by atoms with E-state index in [4.69, 9.17) is 0 Å². The Morgan fingerprint density at radius 3 is 2.61 bits per heavy atom. The predicted molar refractivity (Wildman–Crippen MR) is 115 cm³/mol. The highest BCUT2D eigenvalue weighted by atomic mass is 16.4. The average molecular weight is 411 g/mol. The van der Waals surface area contributed by atoms with Gasteiger partial charge in [-0.15, -0.1) is 0 Å². The lowest BCUT2D eigenvalue weighted by molar-refractivity contribution is -0.122. The van der Waals surface area contributed by atoms with E-state index in [1.54, 1.807) is 12.3 Å². The first-order valence-electron chi connectivity index (χ1n) is 10.1. The second kappa shape index (κ2) is 6.18. The molecule has 2 amide bonds. The fourth-order valence-corrected chi connectivity index (χ4v) is 4.89. The van der Waals surface area contributed by atoms with Gasteiger partial charge in [-0.1, -0.05) is 24.3 Å². The molecule has 2 aromatic heterocycles. The van der Waals surface area contributed by atoms with Crippen LogP contribution in [0.3, 0.4) is 0 Å². The number of hydrogen-bond donors (Lipinski definition) is 3. The van der Waals surface area contributed by atoms with Gasteiger partial charge in [0.05, 0.1) is 22.2 Å². The number of para-hydroxylation sites is 1. The number of nitrogens with one attached hydrogen (secondary N) is 2. The molecule has 152 valence electrons. The Morgan fingerprint density at radius 1 is 1.00 bits per heavy atom. The molecule has 0 radical (unpaired) electrons. The van der Waals surface area contributed by atoms with Crippen molar-refractivity contribution in [2.75, 3.05) is 0 Å². The Hall–Kier alpha value is -4.13. The minimum Gasteiger partial charge on any atom is -0.478 e. The quantitative estimate of drug-likeness (QED) is 0.450. The second-order valence-electron chi connectivity index (χ2n) is 7.95. The standard InChI is InChI=1S/C24H17N3O4/c28-22-19(16-10-25-18-9-13(24(30)31)6-7-14(16)18)20(23(29)26-22)17-11-27-8-2-4-12-3-1-5-15(17)21(12)27/h1,3,5-7,9-11,25H,2,4,8H2,(H,30,31)(H,26,28,29). The molecule has 0 saturated heterocycles. The molecular weight excluding hydrogens is 394 g/mol. The number of carboxylic acid groups (broad SMARTS) is 1. The molecule has 2 aliphatic rings. The smallest absolute Gasteiger partial charge is 0.335 e. The minimum atomic E-state index is -1.03. The Kier molecular flexibility index (Phi) is 3.53. The van der Waals surface area contributed by atoms with Crippen molar-refractivity contribution in [3.63, 3.8) is 0 Å². The van der Waals surface area contributed by atoms with Crippen LogP contribution in [-0.4, -0.2) is 32.4 Å². The summed E-state index contributed by atoms with van der Waals surface area (Å²) in [7, 11) is 0. The lowest BCUT2D eigenvalue weighted by Gasteiger charge is -2.14. The normalized spacial score (nSPS) is 15.9. The number of carbonyl (C=O) groups excluding carboxylic acids is 2. The number of carbonyl (C=O) groups is 3. The lowest BCUT2D eigenvalue weighted by atomic mass is 9.94. The number of H-pyrrole nitrogens is 1. The second-order valence-corrected chi connectivity index (χ2v) is 7.95. The maximum Gasteiger partial charge on any atom is 0.335 e. The van der Waals surface area contributed by atoms with E-state index in [9.17, 15) is 19.5 Å². The van der Waals surface area contributed by atoms with Gasteiger partial charge in [0.1, 0.15) is 0 Å². The molecule has 3 N–H and O–H groups in total. The number of imide groups is 1. The number of amides is 2. The maximum atomic E-state index is 12.9. The molecule has 0 saturated carbocycles. The van der Waals surface area contributed by atoms with Gasteiger partial charge in [-0.2, -0.15) is 0 Å². The van der Waals surface area contributed by atoms with Crippen LogP contribution >= 0.6 is 0 Å². The number of nitrogens with zero attached hydrogens (tertiary/aromatic N) is 1. The number of aromatic nitrogens is 2. The van der Waals surface area contributed by atoms with Gasteiger partial charge in [-0.25, -0.2) is 4.79 Å². The fraction of sp³-hybridized carbons (Fsp3) is 0.125. The van der Waals surface area contributed by atoms with Crippen LogP contribution in [-0.2, 0) is 22.6 Å². The van der Waals surface area contributed by atoms with Crippen LogP contribution in [0, 0.1) is 0 Å². The van der Waals surface area contributed by atoms with Crippen molar-refractivity contribution in [2.24, 2.45) is 0 Å². The van der Waals surface area contributed by atoms with Crippen LogP contribution < -0.4 is 5.32 Å². The third kappa shape index (κ3) is 2.43. The van der Waals surface area contributed by atoms with E-state index in [2.05, 4.69) is 20.9 Å². The molecule has 7 heteroatoms. The van der Waals surface area contributed by atoms with Crippen LogP contribution in [0.25, 0.3) is 33.0 Å². The van der Waals surface area contributed by atoms with Crippen molar-refractivity contribution in [1.82, 2.24) is 14.9 Å². The van der Waals surface area contributed by atoms with Crippen molar-refractivity contribution in [1.29, 1.82) is 0 Å². The van der Waals surface area contributed by atoms with Gasteiger partial charge >= 0.3 is 5.97 Å². The zero-order valence-electron chi connectivity index (χ0n) is 16.4. The van der Waals surface area contributed by atoms with Gasteiger partial charge < -0.3 is 14.7 Å². The summed E-state index contributed by atoms with van der Waals surface area (Å²) in [5, 5.41) is 13.4. The zero-order chi connectivity index (χ0) is 21.3. The first-order valence-corrected chi connectivity index (χ1v) is 10.1. The first kappa shape index (κ1) is 17.7. The number of aryl methyl sites for hydroxylation is 2. The van der Waals surface area contributed by atoms with Gasteiger partial charge in [0.2, 0.25) is 0 Å². The molecule has 6 rings (SSSR count). The number of hydrogen-bond acceptors (Lipinski definition) is 3. The number of rotatable bonds is 3. The minimum absolute atomic E-state index is 0.149. The van der Waals surface area contributed by atoms with Crippen LogP contribution in [0.1, 0.15) is 33.5 Å². The predicted octanol–water partition coefficient (Wildman–Crippen LogP) is 3.33. The summed E-state index contributed by atoms with van der Waals surface area (Å²) in [5.41, 5.74) is 5.10. The molecule has 2 aliphatic heterocycles. The van der Waals surface area contributed by atoms with Crippen molar-refractivity contribution in [3.8, 4) is 0 Å². The number of carboxylic acids is 1. The number of benzene rings is 2. The van der Waals surface area contributed by atoms with E-state index in [0.717, 1.165) is 35.9 Å². The van der Waals surface area contributed by atoms with Crippen LogP contribution in [0.15, 0.2) is 48.8 Å². The number of fused-ring (bicyclic) bond motifs is 1. The summed E-state index contributed by atoms with van der Waals surface area (Å²) in [6.07, 6.45) is 5.66. The van der Waals surface area contributed by atoms with E-state index in [-0.39, 0.29) is 5.56 Å². The van der Waals surface area contributed by atoms with Crippen LogP contribution in [0.5, 0.6) is 0 Å². The monoisotopic (exact) mass is 411 g/mol. The van der Waals surface area contributed by atoms with E-state index in [0.29, 0.717) is 27.6 Å². The first-order chi connectivity index (χ1) is 15.0. The molecule has 7 nitrogen and oxygen atoms in total. The molecule has 0 spiro atoms. The molecule has 31 heavy (non-hydrogen) atoms. The maximum absolute atomic E-state index is 12.9. The van der Waals surface area contributed by atoms with Crippen LogP contribution in [0.4, 0.5) is 0 Å². The lowest BCUT2D eigenvalue weighted by Crippen LogP contribution is -2.22. The topological polar surface area (TPSA) is 104 Å². The molecule has 4 aromatic rings. The van der Waals surface area contributed by atoms with Gasteiger partial charge in [0, 0.05) is 46.4 Å². The molecule has 0 unspecified atom stereocenters. The van der Waals surface area contributed by atoms with Crippen molar-refractivity contribution >= 4 is 50.7 Å². The summed E-state index contributed by atoms with van der Waals surface area (Å²) in [5.74, 6) is -1.89. The van der Waals surface area contributed by atoms with Gasteiger partial charge in [0.25, 0.3) is 11.8 Å². The summed E-state index contributed by atoms with van der Waals surface area (Å²) in [4.78, 5) is 40.1. The summed E-state index contributed by atoms with van der Waals surface area (Å²) < 4.78 is 2.17. The summed E-state index contributed by atoms with van der Waals surface area (Å²) >= 11 is 0. The third-order valence-corrected chi connectivity index (χ3v) is 6.23. The van der Waals surface area contributed by atoms with Crippen molar-refractivity contribution < 1.29 is 19.5 Å². The average Bonchev–Trinajstić information content (AvgIpc) is 3.42. The fourth-order valence-electron chi connectivity index (χ4n) is 4.89. The Bertz CT molecular complexity index is 1500. The van der Waals surface area contributed by atoms with E-state index in [1.807, 2.05) is 18.3 Å². The van der Waals surface area contributed by atoms with E-state index < -0.39 is 17.8 Å². The summed E-state index contributed by atoms with van der Waals surface area (Å²) in [6, 6.07) is 10.8. The molecule has 4 heterocycles. The molecule has 0 fully saturated rings. The van der Waals surface area contributed by atoms with E-state index >= 15 is 0 Å². The third-order valence-electron chi connectivity index (χ3n) is 6.23. The highest BCUT2D eigenvalue weighted by Gasteiger charge is 2.35. The Labute approximate surface area is 176 Å². The highest BCUT2D eigenvalue weighted by Crippen LogP contribution is 2.40. The summed E-state index contributed by atoms with van der Waals surface area (Å²) in [6.45, 7) is 0.872. The molecule has 0 atom stereocenters. The molecule has 0 aliphatic carbocycles. The van der Waals surface area contributed by atoms with Gasteiger partial charge in [-0.3, -0.25) is 14.9 Å². The van der Waals surface area contributed by atoms with E-state index in [1.165, 1.54) is 17.7 Å². The molecular formula is C24H17N3O4. The molecule has 2 aromatic carbocycles. The van der Waals surface area contributed by atoms with Crippen LogP contribution in [0.2, 0.25) is 0 Å². The molecule has 0 bridgehead atoms. The number of aromatic amines is 1. The Morgan fingerprint density at radius 2 is 1.81 bits per heavy atom. The highest BCUT2D eigenvalue weighted by molar-refractivity contribution is 6.50. The largest absolute Gasteiger partial charge is 0.478 e. The van der Waals surface area contributed by atoms with Gasteiger partial charge in [-0.05, 0) is 30.5 Å². The van der Waals surface area contributed by atoms with Crippen molar-refractivity contribution in [3.05, 3.63) is 71.0 Å². The number of aromatic carboxylic acids is 1. The van der Waals surface area contributed by atoms with Crippen molar-refractivity contribution in [2.45, 2.75) is 19.4 Å². The SMILES string of the molecule is O=C1NC(=O)C(c2cn3c4c(cccc24)CCC3)=C1c1c[nH]c2cc(C(=O)O)ccc12.